The number of imidazole rings is 1. The first-order valence-electron chi connectivity index (χ1n) is 11.6. The molecule has 0 saturated carbocycles. The van der Waals surface area contributed by atoms with Crippen LogP contribution in [0.5, 0.6) is 23.0 Å². The maximum absolute atomic E-state index is 5.86. The maximum atomic E-state index is 5.86. The molecule has 0 aliphatic rings. The minimum absolute atomic E-state index is 0.519. The van der Waals surface area contributed by atoms with E-state index in [1.807, 2.05) is 54.8 Å². The molecule has 9 nitrogen and oxygen atoms in total. The van der Waals surface area contributed by atoms with Gasteiger partial charge in [0.1, 0.15) is 17.1 Å². The number of nitrogens with zero attached hydrogens (tertiary/aromatic N) is 4. The second-order valence-electron chi connectivity index (χ2n) is 7.88. The number of anilines is 2. The van der Waals surface area contributed by atoms with Crippen molar-refractivity contribution in [1.29, 1.82) is 0 Å². The number of para-hydroxylation sites is 1. The molecule has 4 aromatic rings. The molecule has 0 saturated heterocycles. The van der Waals surface area contributed by atoms with Crippen LogP contribution in [-0.4, -0.2) is 47.5 Å². The van der Waals surface area contributed by atoms with Gasteiger partial charge < -0.3 is 24.3 Å². The highest BCUT2D eigenvalue weighted by molar-refractivity contribution is 5.79. The van der Waals surface area contributed by atoms with Crippen molar-refractivity contribution in [2.24, 2.45) is 0 Å². The fraction of sp³-hybridized carbons (Fsp3) is 0.346. The highest BCUT2D eigenvalue weighted by Crippen LogP contribution is 2.41. The summed E-state index contributed by atoms with van der Waals surface area (Å²) < 4.78 is 24.3. The lowest BCUT2D eigenvalue weighted by atomic mass is 10.2. The van der Waals surface area contributed by atoms with Crippen LogP contribution in [0.4, 0.5) is 11.5 Å². The number of aromatic nitrogens is 4. The summed E-state index contributed by atoms with van der Waals surface area (Å²) in [7, 11) is 4.75. The molecule has 0 atom stereocenters. The molecule has 2 aromatic carbocycles. The van der Waals surface area contributed by atoms with E-state index in [0.29, 0.717) is 35.5 Å². The van der Waals surface area contributed by atoms with Gasteiger partial charge >= 0.3 is 0 Å². The number of rotatable bonds is 10. The molecule has 0 unspecified atom stereocenters. The van der Waals surface area contributed by atoms with Crippen molar-refractivity contribution >= 4 is 17.0 Å². The topological polar surface area (TPSA) is 92.0 Å². The number of hydrogen-bond donors (Lipinski definition) is 1. The number of nitrogens with one attached hydrogen (secondary N) is 1. The number of methoxy groups -OCH3 is 3. The molecule has 2 aromatic heterocycles. The van der Waals surface area contributed by atoms with Gasteiger partial charge in [-0.3, -0.25) is 0 Å². The number of ether oxygens (including phenoxy) is 4. The second kappa shape index (κ2) is 10.5. The van der Waals surface area contributed by atoms with Crippen molar-refractivity contribution in [3.05, 3.63) is 47.9 Å². The largest absolute Gasteiger partial charge is 0.493 e. The summed E-state index contributed by atoms with van der Waals surface area (Å²) in [6, 6.07) is 11.4. The van der Waals surface area contributed by atoms with Gasteiger partial charge in [0.2, 0.25) is 5.75 Å². The van der Waals surface area contributed by atoms with Crippen LogP contribution in [0.25, 0.3) is 16.9 Å². The summed E-state index contributed by atoms with van der Waals surface area (Å²) in [5.74, 6) is 4.35. The minimum Gasteiger partial charge on any atom is -0.493 e. The van der Waals surface area contributed by atoms with Crippen LogP contribution in [-0.2, 0) is 6.42 Å². The Bertz CT molecular complexity index is 1310. The van der Waals surface area contributed by atoms with Gasteiger partial charge in [-0.25, -0.2) is 14.5 Å². The van der Waals surface area contributed by atoms with Crippen LogP contribution < -0.4 is 24.3 Å². The molecular weight excluding hydrogens is 446 g/mol. The number of fused-ring (bicyclic) bond motifs is 1. The van der Waals surface area contributed by atoms with Gasteiger partial charge in [0, 0.05) is 24.2 Å². The van der Waals surface area contributed by atoms with Gasteiger partial charge in [0.05, 0.1) is 39.2 Å². The maximum Gasteiger partial charge on any atom is 0.203 e. The minimum atomic E-state index is 0.519. The normalized spacial score (nSPS) is 10.9. The molecule has 0 aliphatic carbocycles. The van der Waals surface area contributed by atoms with E-state index in [9.17, 15) is 0 Å². The first-order chi connectivity index (χ1) is 17.0. The van der Waals surface area contributed by atoms with Crippen molar-refractivity contribution in [3.8, 4) is 34.4 Å². The van der Waals surface area contributed by atoms with E-state index in [0.717, 1.165) is 46.9 Å². The molecule has 0 fully saturated rings. The molecule has 0 aliphatic heterocycles. The number of aryl methyl sites for hydroxylation is 2. The van der Waals surface area contributed by atoms with Gasteiger partial charge in [-0.1, -0.05) is 19.1 Å². The summed E-state index contributed by atoms with van der Waals surface area (Å²) in [4.78, 5) is 9.71. The third-order valence-electron chi connectivity index (χ3n) is 5.56. The smallest absolute Gasteiger partial charge is 0.203 e. The molecule has 2 heterocycles. The molecule has 0 spiro atoms. The molecule has 0 bridgehead atoms. The third kappa shape index (κ3) is 4.66. The fourth-order valence-electron chi connectivity index (χ4n) is 4.04. The van der Waals surface area contributed by atoms with E-state index < -0.39 is 0 Å². The van der Waals surface area contributed by atoms with E-state index >= 15 is 0 Å². The first-order valence-corrected chi connectivity index (χ1v) is 11.6. The van der Waals surface area contributed by atoms with Crippen LogP contribution in [0.15, 0.2) is 36.4 Å². The quantitative estimate of drug-likeness (QED) is 0.332. The Morgan fingerprint density at radius 2 is 1.63 bits per heavy atom. The number of benzene rings is 2. The van der Waals surface area contributed by atoms with Gasteiger partial charge in [-0.05, 0) is 32.4 Å². The summed E-state index contributed by atoms with van der Waals surface area (Å²) in [6.45, 7) is 6.59. The van der Waals surface area contributed by atoms with E-state index in [-0.39, 0.29) is 0 Å². The van der Waals surface area contributed by atoms with Crippen molar-refractivity contribution in [2.45, 2.75) is 33.6 Å². The average Bonchev–Trinajstić information content (AvgIpc) is 3.19. The van der Waals surface area contributed by atoms with E-state index in [4.69, 9.17) is 34.0 Å². The van der Waals surface area contributed by atoms with Crippen molar-refractivity contribution in [1.82, 2.24) is 19.6 Å². The van der Waals surface area contributed by atoms with Gasteiger partial charge in [0.15, 0.2) is 23.1 Å². The number of hydrogen-bond acceptors (Lipinski definition) is 8. The summed E-state index contributed by atoms with van der Waals surface area (Å²) in [5, 5.41) is 8.32. The standard InChI is InChI=1S/C26H31N5O4/c1-7-11-22-27-16(3)23-26(28-17-14-20(32-4)24(34-6)21(15-17)33-5)29-25(30-31(22)23)18-12-9-10-13-19(18)35-8-2/h9-10,12-15H,7-8,11H2,1-6H3,(H,28,29,30). The highest BCUT2D eigenvalue weighted by atomic mass is 16.5. The SMILES string of the molecule is CCCc1nc(C)c2c(Nc3cc(OC)c(OC)c(OC)c3)nc(-c3ccccc3OCC)nn12. The Morgan fingerprint density at radius 1 is 0.914 bits per heavy atom. The Kier molecular flexibility index (Phi) is 7.24. The molecule has 1 N–H and O–H groups in total. The van der Waals surface area contributed by atoms with E-state index in [1.165, 1.54) is 0 Å². The lowest BCUT2D eigenvalue weighted by Gasteiger charge is -2.16. The second-order valence-corrected chi connectivity index (χ2v) is 7.88. The zero-order valence-electron chi connectivity index (χ0n) is 21.0. The van der Waals surface area contributed by atoms with Gasteiger partial charge in [0.25, 0.3) is 0 Å². The first kappa shape index (κ1) is 24.1. The zero-order valence-corrected chi connectivity index (χ0v) is 21.0. The lowest BCUT2D eigenvalue weighted by molar-refractivity contribution is 0.324. The van der Waals surface area contributed by atoms with Crippen LogP contribution in [0, 0.1) is 6.92 Å². The lowest BCUT2D eigenvalue weighted by Crippen LogP contribution is -2.07. The van der Waals surface area contributed by atoms with Gasteiger partial charge in [-0.15, -0.1) is 5.10 Å². The third-order valence-corrected chi connectivity index (χ3v) is 5.56. The summed E-state index contributed by atoms with van der Waals surface area (Å²) in [6.07, 6.45) is 1.74. The predicted octanol–water partition coefficient (Wildman–Crippen LogP) is 5.22. The molecule has 35 heavy (non-hydrogen) atoms. The van der Waals surface area contributed by atoms with E-state index in [1.54, 1.807) is 21.3 Å². The molecule has 9 heteroatoms. The molecule has 0 radical (unpaired) electrons. The van der Waals surface area contributed by atoms with Crippen LogP contribution >= 0.6 is 0 Å². The molecule has 0 amide bonds. The fourth-order valence-corrected chi connectivity index (χ4v) is 4.04. The van der Waals surface area contributed by atoms with Crippen molar-refractivity contribution in [3.63, 3.8) is 0 Å². The summed E-state index contributed by atoms with van der Waals surface area (Å²) in [5.41, 5.74) is 3.17. The Balaban J connectivity index is 1.92. The Hall–Kier alpha value is -4.01. The Labute approximate surface area is 205 Å². The molecular formula is C26H31N5O4. The van der Waals surface area contributed by atoms with E-state index in [2.05, 4.69) is 12.2 Å². The van der Waals surface area contributed by atoms with Crippen molar-refractivity contribution < 1.29 is 18.9 Å². The van der Waals surface area contributed by atoms with Crippen LogP contribution in [0.2, 0.25) is 0 Å². The zero-order chi connectivity index (χ0) is 24.9. The monoisotopic (exact) mass is 477 g/mol. The highest BCUT2D eigenvalue weighted by Gasteiger charge is 2.20. The molecule has 184 valence electrons. The predicted molar refractivity (Wildman–Crippen MR) is 135 cm³/mol. The summed E-state index contributed by atoms with van der Waals surface area (Å²) >= 11 is 0. The average molecular weight is 478 g/mol. The molecule has 4 rings (SSSR count). The van der Waals surface area contributed by atoms with Crippen LogP contribution in [0.3, 0.4) is 0 Å². The van der Waals surface area contributed by atoms with Crippen LogP contribution in [0.1, 0.15) is 31.8 Å². The van der Waals surface area contributed by atoms with Gasteiger partial charge in [-0.2, -0.15) is 0 Å². The van der Waals surface area contributed by atoms with Crippen molar-refractivity contribution in [2.75, 3.05) is 33.3 Å². The Morgan fingerprint density at radius 3 is 2.26 bits per heavy atom.